The van der Waals surface area contributed by atoms with Crippen LogP contribution in [0.15, 0.2) is 65.6 Å². The van der Waals surface area contributed by atoms with Crippen molar-refractivity contribution in [2.45, 2.75) is 17.4 Å². The lowest BCUT2D eigenvalue weighted by molar-refractivity contribution is 0.0900. The number of nitrogens with zero attached hydrogens (tertiary/aromatic N) is 2. The third-order valence-electron chi connectivity index (χ3n) is 5.15. The summed E-state index contributed by atoms with van der Waals surface area (Å²) in [5, 5.41) is 21.4. The Morgan fingerprint density at radius 2 is 1.62 bits per heavy atom. The highest BCUT2D eigenvalue weighted by Gasteiger charge is 2.65. The highest BCUT2D eigenvalue weighted by atomic mass is 35.5. The number of hydrogen-bond acceptors (Lipinski definition) is 6. The second-order valence-corrected chi connectivity index (χ2v) is 11.2. The Hall–Kier alpha value is -4.20. The first-order valence-electron chi connectivity index (χ1n) is 10.7. The molecule has 3 rings (SSSR count). The molecule has 1 N–H and O–H groups in total. The van der Waals surface area contributed by atoms with Gasteiger partial charge in [0.05, 0.1) is 29.8 Å². The van der Waals surface area contributed by atoms with Gasteiger partial charge < -0.3 is 19.5 Å². The molecule has 0 aliphatic rings. The minimum Gasteiger partial charge on any atom is -0.497 e. The molecule has 1 unspecified atom stereocenters. The van der Waals surface area contributed by atoms with Crippen molar-refractivity contribution >= 4 is 27.7 Å². The molecule has 206 valence electrons. The van der Waals surface area contributed by atoms with Crippen LogP contribution < -0.4 is 19.5 Å². The fraction of sp³-hybridized carbons (Fsp3) is 0.160. The second-order valence-electron chi connectivity index (χ2n) is 8.35. The Morgan fingerprint density at radius 3 is 2.15 bits per heavy atom. The number of amides is 1. The molecular formula is C25H19ClF5N3O4S. The number of rotatable bonds is 9. The van der Waals surface area contributed by atoms with E-state index < -0.39 is 38.7 Å². The maximum Gasteiger partial charge on any atom is 0.310 e. The number of benzene rings is 3. The highest BCUT2D eigenvalue weighted by molar-refractivity contribution is 8.45. The van der Waals surface area contributed by atoms with Crippen LogP contribution in [0.1, 0.15) is 22.8 Å². The largest absolute Gasteiger partial charge is 0.497 e. The van der Waals surface area contributed by atoms with Crippen molar-refractivity contribution in [3.63, 3.8) is 0 Å². The minimum absolute atomic E-state index is 0.0110. The predicted molar refractivity (Wildman–Crippen MR) is 134 cm³/mol. The van der Waals surface area contributed by atoms with Gasteiger partial charge in [-0.15, -0.1) is 0 Å². The molecule has 1 amide bonds. The molecule has 3 aromatic rings. The monoisotopic (exact) mass is 587 g/mol. The molecule has 39 heavy (non-hydrogen) atoms. The second kappa shape index (κ2) is 9.84. The summed E-state index contributed by atoms with van der Waals surface area (Å²) in [6.07, 6.45) is 0. The molecule has 1 atom stereocenters. The van der Waals surface area contributed by atoms with Crippen LogP contribution in [0.5, 0.6) is 23.0 Å². The molecule has 0 saturated carbocycles. The molecule has 0 bridgehead atoms. The number of carbonyl (C=O) groups is 1. The predicted octanol–water partition coefficient (Wildman–Crippen LogP) is 7.76. The van der Waals surface area contributed by atoms with E-state index in [1.54, 1.807) is 6.07 Å². The van der Waals surface area contributed by atoms with E-state index in [0.717, 1.165) is 0 Å². The molecule has 0 aliphatic carbocycles. The number of hydrogen-bond donors (Lipinski definition) is 1. The Labute approximate surface area is 225 Å². The van der Waals surface area contributed by atoms with E-state index in [1.807, 2.05) is 12.1 Å². The van der Waals surface area contributed by atoms with E-state index in [4.69, 9.17) is 25.8 Å². The molecule has 3 aromatic carbocycles. The van der Waals surface area contributed by atoms with Crippen LogP contribution >= 0.6 is 21.8 Å². The van der Waals surface area contributed by atoms with Crippen molar-refractivity contribution in [3.05, 3.63) is 76.8 Å². The zero-order valence-corrected chi connectivity index (χ0v) is 21.8. The van der Waals surface area contributed by atoms with Crippen LogP contribution in [0.25, 0.3) is 0 Å². The quantitative estimate of drug-likeness (QED) is 0.257. The van der Waals surface area contributed by atoms with Gasteiger partial charge in [-0.1, -0.05) is 31.0 Å². The van der Waals surface area contributed by atoms with Gasteiger partial charge in [-0.05, 0) is 55.5 Å². The van der Waals surface area contributed by atoms with E-state index in [-0.39, 0.29) is 40.0 Å². The summed E-state index contributed by atoms with van der Waals surface area (Å²) in [6.45, 7) is 0.767. The van der Waals surface area contributed by atoms with Crippen molar-refractivity contribution in [1.82, 2.24) is 5.32 Å². The number of nitriles is 2. The van der Waals surface area contributed by atoms with Gasteiger partial charge in [-0.2, -0.15) is 10.5 Å². The third kappa shape index (κ3) is 7.44. The lowest BCUT2D eigenvalue weighted by Crippen LogP contribution is -2.49. The Balaban J connectivity index is 1.80. The summed E-state index contributed by atoms with van der Waals surface area (Å²) < 4.78 is 81.3. The fourth-order valence-corrected chi connectivity index (χ4v) is 3.95. The first-order valence-corrected chi connectivity index (χ1v) is 13.1. The molecule has 7 nitrogen and oxygen atoms in total. The maximum absolute atomic E-state index is 12.9. The minimum atomic E-state index is -9.91. The van der Waals surface area contributed by atoms with E-state index in [1.165, 1.54) is 44.4 Å². The molecule has 0 spiro atoms. The number of ether oxygens (including phenoxy) is 3. The molecule has 0 aromatic heterocycles. The molecule has 0 saturated heterocycles. The van der Waals surface area contributed by atoms with Gasteiger partial charge >= 0.3 is 10.2 Å². The highest BCUT2D eigenvalue weighted by Crippen LogP contribution is 3.02. The van der Waals surface area contributed by atoms with Gasteiger partial charge in [0.15, 0.2) is 17.0 Å². The van der Waals surface area contributed by atoms with Gasteiger partial charge in [0.25, 0.3) is 5.91 Å². The molecule has 0 heterocycles. The van der Waals surface area contributed by atoms with Gasteiger partial charge in [0, 0.05) is 17.7 Å². The molecular weight excluding hydrogens is 569 g/mol. The third-order valence-corrected chi connectivity index (χ3v) is 6.60. The van der Waals surface area contributed by atoms with Crippen LogP contribution in [0.2, 0.25) is 5.02 Å². The van der Waals surface area contributed by atoms with E-state index in [2.05, 4.69) is 5.32 Å². The van der Waals surface area contributed by atoms with Crippen molar-refractivity contribution < 1.29 is 38.4 Å². The van der Waals surface area contributed by atoms with Crippen molar-refractivity contribution in [1.29, 1.82) is 10.5 Å². The van der Waals surface area contributed by atoms with Crippen molar-refractivity contribution in [2.24, 2.45) is 0 Å². The van der Waals surface area contributed by atoms with Crippen LogP contribution in [-0.2, 0) is 0 Å². The van der Waals surface area contributed by atoms with Gasteiger partial charge in [-0.3, -0.25) is 4.79 Å². The van der Waals surface area contributed by atoms with Crippen LogP contribution in [-0.4, -0.2) is 25.2 Å². The van der Waals surface area contributed by atoms with Gasteiger partial charge in [0.2, 0.25) is 0 Å². The standard InChI is InChI=1S/C25H19ClF5N3O4S/c1-25(14-33,34-24(35)17-4-7-19(8-5-17)39(27,28,29,30)31)15-37-23-11-16(13-32)3-9-22(23)38-21-10-6-18(36-2)12-20(21)26/h3-12H,15H2,1-2H3,(H,34,35). The van der Waals surface area contributed by atoms with E-state index in [0.29, 0.717) is 17.9 Å². The first kappa shape index (κ1) is 29.4. The summed E-state index contributed by atoms with van der Waals surface area (Å²) >= 11 is 6.22. The van der Waals surface area contributed by atoms with Crippen molar-refractivity contribution in [3.8, 4) is 35.1 Å². The SMILES string of the molecule is COc1ccc(Oc2ccc(C#N)cc2OCC(C)(C#N)NC(=O)c2ccc(S(F)(F)(F)(F)F)cc2)c(Cl)c1. The molecule has 0 fully saturated rings. The van der Waals surface area contributed by atoms with Gasteiger partial charge in [0.1, 0.15) is 23.0 Å². The van der Waals surface area contributed by atoms with Gasteiger partial charge in [-0.25, -0.2) is 0 Å². The van der Waals surface area contributed by atoms with E-state index in [9.17, 15) is 34.7 Å². The van der Waals surface area contributed by atoms with Crippen LogP contribution in [0.4, 0.5) is 19.4 Å². The molecule has 14 heteroatoms. The van der Waals surface area contributed by atoms with Crippen molar-refractivity contribution in [2.75, 3.05) is 13.7 Å². The molecule has 0 aliphatic heterocycles. The average molecular weight is 588 g/mol. The topological polar surface area (TPSA) is 104 Å². The zero-order valence-electron chi connectivity index (χ0n) is 20.2. The smallest absolute Gasteiger partial charge is 0.310 e. The number of halogens is 6. The zero-order chi connectivity index (χ0) is 29.1. The number of nitrogens with one attached hydrogen (secondary N) is 1. The number of methoxy groups -OCH3 is 1. The summed E-state index contributed by atoms with van der Waals surface area (Å²) in [5.41, 5.74) is -1.95. The Bertz CT molecular complexity index is 1510. The van der Waals surface area contributed by atoms with Crippen LogP contribution in [0, 0.1) is 22.7 Å². The summed E-state index contributed by atoms with van der Waals surface area (Å²) in [5.74, 6) is -0.189. The maximum atomic E-state index is 12.9. The van der Waals surface area contributed by atoms with E-state index >= 15 is 0 Å². The summed E-state index contributed by atoms with van der Waals surface area (Å²) in [4.78, 5) is 10.4. The normalized spacial score (nSPS) is 14.4. The summed E-state index contributed by atoms with van der Waals surface area (Å²) in [7, 11) is -8.45. The Kier molecular flexibility index (Phi) is 7.40. The summed E-state index contributed by atoms with van der Waals surface area (Å²) in [6, 6.07) is 13.9. The van der Waals surface area contributed by atoms with Crippen LogP contribution in [0.3, 0.4) is 0 Å². The average Bonchev–Trinajstić information content (AvgIpc) is 2.87. The molecule has 0 radical (unpaired) electrons. The number of carbonyl (C=O) groups excluding carboxylic acids is 1. The lowest BCUT2D eigenvalue weighted by atomic mass is 10.0. The lowest BCUT2D eigenvalue weighted by Gasteiger charge is -2.40. The first-order chi connectivity index (χ1) is 18.0. The Morgan fingerprint density at radius 1 is 0.974 bits per heavy atom. The fourth-order valence-electron chi connectivity index (χ4n) is 3.09.